The van der Waals surface area contributed by atoms with Crippen LogP contribution in [0.25, 0.3) is 0 Å². The summed E-state index contributed by atoms with van der Waals surface area (Å²) in [4.78, 5) is -0.363. The Bertz CT molecular complexity index is 2560. The van der Waals surface area contributed by atoms with E-state index in [0.29, 0.717) is 0 Å². The molecule has 10 heteroatoms. The van der Waals surface area contributed by atoms with Crippen molar-refractivity contribution in [2.75, 3.05) is 12.8 Å². The van der Waals surface area contributed by atoms with Crippen molar-refractivity contribution in [2.45, 2.75) is 23.6 Å². The van der Waals surface area contributed by atoms with Crippen molar-refractivity contribution < 1.29 is 25.9 Å². The summed E-state index contributed by atoms with van der Waals surface area (Å²) in [6.45, 7) is 6.55. The quantitative estimate of drug-likeness (QED) is 0.106. The highest BCUT2D eigenvalue weighted by Gasteiger charge is 2.43. The minimum absolute atomic E-state index is 0.178. The van der Waals surface area contributed by atoms with Crippen molar-refractivity contribution in [3.63, 3.8) is 0 Å². The average Bonchev–Trinajstić information content (AvgIpc) is 3.32. The lowest BCUT2D eigenvalue weighted by molar-refractivity contribution is 0.461. The minimum atomic E-state index is -4.27. The molecule has 0 saturated carbocycles. The fourth-order valence-corrected chi connectivity index (χ4v) is 15.2. The second kappa shape index (κ2) is 22.5. The summed E-state index contributed by atoms with van der Waals surface area (Å²) in [6, 6.07) is 78.6. The first-order valence-electron chi connectivity index (χ1n) is 19.9. The van der Waals surface area contributed by atoms with Gasteiger partial charge >= 0.3 is 0 Å². The van der Waals surface area contributed by atoms with Crippen molar-refractivity contribution in [3.8, 4) is 0 Å². The molecule has 6 nitrogen and oxygen atoms in total. The molecular weight excluding hydrogens is 847 g/mol. The molecule has 0 aliphatic rings. The van der Waals surface area contributed by atoms with Crippen LogP contribution < -0.4 is 31.8 Å². The fourth-order valence-electron chi connectivity index (χ4n) is 6.96. The van der Waals surface area contributed by atoms with Crippen molar-refractivity contribution in [1.82, 2.24) is 0 Å². The zero-order valence-corrected chi connectivity index (χ0v) is 38.3. The molecule has 0 unspecified atom stereocenters. The van der Waals surface area contributed by atoms with Crippen LogP contribution in [0.4, 0.5) is 0 Å². The smallest absolute Gasteiger partial charge is 0.124 e. The van der Waals surface area contributed by atoms with Gasteiger partial charge in [-0.2, -0.15) is 0 Å². The highest BCUT2D eigenvalue weighted by atomic mass is 32.2. The second-order valence-corrected chi connectivity index (χ2v) is 24.3. The Balaban J connectivity index is 0.000000164. The predicted molar refractivity (Wildman–Crippen MR) is 260 cm³/mol. The van der Waals surface area contributed by atoms with Crippen molar-refractivity contribution in [3.05, 3.63) is 242 Å². The third kappa shape index (κ3) is 12.5. The van der Waals surface area contributed by atoms with Crippen LogP contribution in [-0.4, -0.2) is 38.8 Å². The van der Waals surface area contributed by atoms with Gasteiger partial charge in [-0.1, -0.05) is 145 Å². The molecule has 62 heavy (non-hydrogen) atoms. The first-order chi connectivity index (χ1) is 29.8. The van der Waals surface area contributed by atoms with Crippen LogP contribution in [-0.2, 0) is 20.2 Å². The van der Waals surface area contributed by atoms with E-state index < -0.39 is 34.8 Å². The average molecular weight is 897 g/mol. The van der Waals surface area contributed by atoms with Gasteiger partial charge in [-0.3, -0.25) is 0 Å². The molecular formula is C52H50O6P2S2. The molecule has 0 atom stereocenters. The molecule has 0 heterocycles. The number of rotatable bonds is 9. The maximum atomic E-state index is 10.4. The molecule has 8 aromatic carbocycles. The molecule has 0 aromatic heterocycles. The first-order valence-corrected chi connectivity index (χ1v) is 26.9. The van der Waals surface area contributed by atoms with Gasteiger partial charge in [-0.25, -0.2) is 16.8 Å². The van der Waals surface area contributed by atoms with Gasteiger partial charge < -0.3 is 9.11 Å². The van der Waals surface area contributed by atoms with Crippen LogP contribution in [0.3, 0.4) is 0 Å². The van der Waals surface area contributed by atoms with Gasteiger partial charge in [0.05, 0.1) is 22.6 Å². The molecule has 0 aliphatic heterocycles. The van der Waals surface area contributed by atoms with E-state index in [9.17, 15) is 25.9 Å². The van der Waals surface area contributed by atoms with Gasteiger partial charge in [0.1, 0.15) is 66.6 Å². The Labute approximate surface area is 369 Å². The molecule has 0 fully saturated rings. The van der Waals surface area contributed by atoms with E-state index in [0.717, 1.165) is 11.7 Å². The van der Waals surface area contributed by atoms with E-state index in [-0.39, 0.29) is 9.79 Å². The summed E-state index contributed by atoms with van der Waals surface area (Å²) in [5.74, 6) is 0. The molecule has 0 amide bonds. The largest absolute Gasteiger partial charge is 0.744 e. The SMILES string of the molecule is CC[P+](c1ccccc1)(c1ccccc1)c1ccccc1.C[P+](c1ccccc1)(c1ccccc1)c1ccccc1.Cc1ccc(S(=O)(=O)[O-])cc1.O=S(=O)([O-])c1ccccc1. The molecule has 0 saturated heterocycles. The zero-order chi connectivity index (χ0) is 44.5. The number of benzene rings is 8. The zero-order valence-electron chi connectivity index (χ0n) is 34.9. The monoisotopic (exact) mass is 896 g/mol. The van der Waals surface area contributed by atoms with Crippen LogP contribution >= 0.6 is 14.5 Å². The van der Waals surface area contributed by atoms with E-state index >= 15 is 0 Å². The third-order valence-electron chi connectivity index (χ3n) is 10.2. The summed E-state index contributed by atoms with van der Waals surface area (Å²) >= 11 is 0. The number of hydrogen-bond acceptors (Lipinski definition) is 6. The van der Waals surface area contributed by atoms with Gasteiger partial charge in [0.25, 0.3) is 0 Å². The minimum Gasteiger partial charge on any atom is -0.744 e. The lowest BCUT2D eigenvalue weighted by atomic mass is 10.2. The summed E-state index contributed by atoms with van der Waals surface area (Å²) in [7, 11) is -11.6. The van der Waals surface area contributed by atoms with Crippen molar-refractivity contribution in [2.24, 2.45) is 0 Å². The van der Waals surface area contributed by atoms with E-state index in [4.69, 9.17) is 0 Å². The highest BCUT2D eigenvalue weighted by molar-refractivity contribution is 7.96. The topological polar surface area (TPSA) is 114 Å². The van der Waals surface area contributed by atoms with Gasteiger partial charge in [0.15, 0.2) is 0 Å². The van der Waals surface area contributed by atoms with E-state index in [1.165, 1.54) is 68.2 Å². The van der Waals surface area contributed by atoms with Gasteiger partial charge in [0.2, 0.25) is 0 Å². The number of aryl methyl sites for hydroxylation is 1. The van der Waals surface area contributed by atoms with Crippen molar-refractivity contribution >= 4 is 66.6 Å². The standard InChI is InChI=1S/C20H20P.C19H18P.C7H8O3S.C6H6O3S/c1-2-21(18-12-6-3-7-13-18,19-14-8-4-9-15-19)20-16-10-5-11-17-20;1-20(17-11-5-2-6-12-17,18-13-7-3-8-14-18)19-15-9-4-10-16-19;1-6-2-4-7(5-3-6)11(8,9)10;7-10(8,9)6-4-2-1-3-5-6/h3-17H,2H2,1H3;2-16H,1H3;2-5H,1H3,(H,8,9,10);1-5H,(H,7,8,9)/q2*+1;;/p-2. The molecule has 0 aliphatic carbocycles. The van der Waals surface area contributed by atoms with Crippen LogP contribution in [0.1, 0.15) is 12.5 Å². The summed E-state index contributed by atoms with van der Waals surface area (Å²) in [5.41, 5.74) is 0.928. The predicted octanol–water partition coefficient (Wildman–Crippen LogP) is 9.10. The van der Waals surface area contributed by atoms with Gasteiger partial charge in [-0.15, -0.1) is 0 Å². The van der Waals surface area contributed by atoms with Crippen LogP contribution in [0.2, 0.25) is 0 Å². The molecule has 0 bridgehead atoms. The van der Waals surface area contributed by atoms with E-state index in [1.807, 2.05) is 6.92 Å². The Hall–Kier alpha value is -5.56. The molecule has 8 aromatic rings. The lowest BCUT2D eigenvalue weighted by Gasteiger charge is -2.26. The molecule has 0 radical (unpaired) electrons. The fraction of sp³-hybridized carbons (Fsp3) is 0.0769. The first kappa shape index (κ1) is 47.5. The molecule has 8 rings (SSSR count). The summed E-state index contributed by atoms with van der Waals surface area (Å²) in [5, 5.41) is 8.67. The Kier molecular flexibility index (Phi) is 17.2. The molecule has 316 valence electrons. The second-order valence-electron chi connectivity index (χ2n) is 14.2. The highest BCUT2D eigenvalue weighted by Crippen LogP contribution is 2.55. The van der Waals surface area contributed by atoms with Crippen LogP contribution in [0, 0.1) is 6.92 Å². The Morgan fingerprint density at radius 1 is 0.355 bits per heavy atom. The molecule has 0 spiro atoms. The van der Waals surface area contributed by atoms with Gasteiger partial charge in [-0.05, 0) is 111 Å². The van der Waals surface area contributed by atoms with Gasteiger partial charge in [0, 0.05) is 0 Å². The maximum Gasteiger partial charge on any atom is 0.124 e. The van der Waals surface area contributed by atoms with E-state index in [1.54, 1.807) is 18.2 Å². The van der Waals surface area contributed by atoms with E-state index in [2.05, 4.69) is 196 Å². The maximum absolute atomic E-state index is 10.4. The summed E-state index contributed by atoms with van der Waals surface area (Å²) < 4.78 is 62.0. The van der Waals surface area contributed by atoms with Crippen LogP contribution in [0.5, 0.6) is 0 Å². The molecule has 0 N–H and O–H groups in total. The third-order valence-corrected chi connectivity index (χ3v) is 20.4. The number of hydrogen-bond donors (Lipinski definition) is 0. The normalized spacial score (nSPS) is 11.3. The Morgan fingerprint density at radius 3 is 0.806 bits per heavy atom. The summed E-state index contributed by atoms with van der Waals surface area (Å²) in [6.07, 6.45) is 1.14. The lowest BCUT2D eigenvalue weighted by Crippen LogP contribution is -2.32. The van der Waals surface area contributed by atoms with Crippen molar-refractivity contribution in [1.29, 1.82) is 0 Å². The van der Waals surface area contributed by atoms with Crippen LogP contribution in [0.15, 0.2) is 246 Å². The Morgan fingerprint density at radius 2 is 0.581 bits per heavy atom.